The van der Waals surface area contributed by atoms with E-state index in [9.17, 15) is 9.59 Å². The maximum absolute atomic E-state index is 12.2. The molecule has 0 aliphatic carbocycles. The second kappa shape index (κ2) is 7.49. The zero-order chi connectivity index (χ0) is 16.1. The Kier molecular flexibility index (Phi) is 5.16. The van der Waals surface area contributed by atoms with Crippen LogP contribution in [-0.2, 0) is 9.59 Å². The van der Waals surface area contributed by atoms with Crippen LogP contribution in [-0.4, -0.2) is 42.9 Å². The molecule has 0 bridgehead atoms. The van der Waals surface area contributed by atoms with Gasteiger partial charge in [-0.3, -0.25) is 9.59 Å². The van der Waals surface area contributed by atoms with Crippen LogP contribution in [0.1, 0.15) is 38.5 Å². The van der Waals surface area contributed by atoms with Gasteiger partial charge in [0.1, 0.15) is 0 Å². The van der Waals surface area contributed by atoms with E-state index < -0.39 is 11.8 Å². The van der Waals surface area contributed by atoms with Crippen LogP contribution < -0.4 is 10.2 Å². The number of carbonyl (C=O) groups is 2. The molecule has 1 aromatic carbocycles. The molecule has 5 nitrogen and oxygen atoms in total. The van der Waals surface area contributed by atoms with Gasteiger partial charge < -0.3 is 15.1 Å². The lowest BCUT2D eigenvalue weighted by molar-refractivity contribution is -0.143. The largest absolute Gasteiger partial charge is 0.372 e. The van der Waals surface area contributed by atoms with Crippen LogP contribution in [0.3, 0.4) is 0 Å². The van der Waals surface area contributed by atoms with Gasteiger partial charge in [-0.1, -0.05) is 12.8 Å². The van der Waals surface area contributed by atoms with Gasteiger partial charge in [0.15, 0.2) is 0 Å². The minimum absolute atomic E-state index is 0.407. The van der Waals surface area contributed by atoms with E-state index in [2.05, 4.69) is 10.2 Å². The minimum Gasteiger partial charge on any atom is -0.372 e. The highest BCUT2D eigenvalue weighted by Gasteiger charge is 2.22. The Balaban J connectivity index is 1.57. The predicted molar refractivity (Wildman–Crippen MR) is 91.6 cm³/mol. The van der Waals surface area contributed by atoms with Crippen molar-refractivity contribution in [1.29, 1.82) is 0 Å². The molecule has 2 saturated heterocycles. The molecular weight excluding hydrogens is 290 g/mol. The van der Waals surface area contributed by atoms with Crippen molar-refractivity contribution in [3.8, 4) is 0 Å². The maximum Gasteiger partial charge on any atom is 0.313 e. The van der Waals surface area contributed by atoms with Crippen LogP contribution in [0.15, 0.2) is 24.3 Å². The molecule has 2 aliphatic heterocycles. The number of hydrogen-bond acceptors (Lipinski definition) is 3. The average molecular weight is 315 g/mol. The van der Waals surface area contributed by atoms with E-state index in [1.807, 2.05) is 24.3 Å². The fraction of sp³-hybridized carbons (Fsp3) is 0.556. The Bertz CT molecular complexity index is 542. The van der Waals surface area contributed by atoms with Gasteiger partial charge in [-0.25, -0.2) is 0 Å². The minimum atomic E-state index is -0.527. The van der Waals surface area contributed by atoms with Gasteiger partial charge in [0.05, 0.1) is 0 Å². The first-order valence-electron chi connectivity index (χ1n) is 8.69. The molecule has 1 aromatic rings. The second-order valence-corrected chi connectivity index (χ2v) is 6.40. The van der Waals surface area contributed by atoms with E-state index in [4.69, 9.17) is 0 Å². The molecule has 0 aromatic heterocycles. The number of rotatable bonds is 2. The van der Waals surface area contributed by atoms with Crippen LogP contribution >= 0.6 is 0 Å². The number of nitrogens with one attached hydrogen (secondary N) is 1. The summed E-state index contributed by atoms with van der Waals surface area (Å²) in [5, 5.41) is 2.73. The summed E-state index contributed by atoms with van der Waals surface area (Å²) in [7, 11) is 0. The molecule has 0 saturated carbocycles. The average Bonchev–Trinajstić information content (AvgIpc) is 2.97. The van der Waals surface area contributed by atoms with Gasteiger partial charge in [-0.05, 0) is 49.9 Å². The third kappa shape index (κ3) is 4.03. The van der Waals surface area contributed by atoms with Gasteiger partial charge in [0, 0.05) is 37.6 Å². The van der Waals surface area contributed by atoms with Crippen LogP contribution in [0.25, 0.3) is 0 Å². The smallest absolute Gasteiger partial charge is 0.313 e. The number of amides is 2. The maximum atomic E-state index is 12.2. The Labute approximate surface area is 137 Å². The van der Waals surface area contributed by atoms with E-state index in [-0.39, 0.29) is 0 Å². The molecular formula is C18H25N3O2. The van der Waals surface area contributed by atoms with E-state index in [1.54, 1.807) is 4.90 Å². The van der Waals surface area contributed by atoms with Crippen molar-refractivity contribution in [3.63, 3.8) is 0 Å². The van der Waals surface area contributed by atoms with E-state index in [1.165, 1.54) is 18.5 Å². The van der Waals surface area contributed by atoms with E-state index in [0.717, 1.165) is 38.8 Å². The standard InChI is InChI=1S/C18H25N3O2/c22-17(18(23)21-13-3-1-2-4-14-21)19-15-7-9-16(10-8-15)20-11-5-6-12-20/h7-10H,1-6,11-14H2,(H,19,22). The summed E-state index contributed by atoms with van der Waals surface area (Å²) in [4.78, 5) is 28.4. The fourth-order valence-electron chi connectivity index (χ4n) is 3.33. The summed E-state index contributed by atoms with van der Waals surface area (Å²) in [5.41, 5.74) is 1.86. The summed E-state index contributed by atoms with van der Waals surface area (Å²) < 4.78 is 0. The van der Waals surface area contributed by atoms with E-state index in [0.29, 0.717) is 18.8 Å². The quantitative estimate of drug-likeness (QED) is 0.854. The summed E-state index contributed by atoms with van der Waals surface area (Å²) in [6.45, 7) is 3.58. The third-order valence-corrected chi connectivity index (χ3v) is 4.68. The Morgan fingerprint density at radius 3 is 1.96 bits per heavy atom. The fourth-order valence-corrected chi connectivity index (χ4v) is 3.33. The summed E-state index contributed by atoms with van der Waals surface area (Å²) in [6.07, 6.45) is 6.74. The summed E-state index contributed by atoms with van der Waals surface area (Å²) >= 11 is 0. The summed E-state index contributed by atoms with van der Waals surface area (Å²) in [6, 6.07) is 7.78. The zero-order valence-electron chi connectivity index (χ0n) is 13.6. The van der Waals surface area contributed by atoms with Gasteiger partial charge in [0.2, 0.25) is 0 Å². The third-order valence-electron chi connectivity index (χ3n) is 4.68. The number of carbonyl (C=O) groups excluding carboxylic acids is 2. The van der Waals surface area contributed by atoms with Crippen molar-refractivity contribution >= 4 is 23.2 Å². The predicted octanol–water partition coefficient (Wildman–Crippen LogP) is 2.63. The van der Waals surface area contributed by atoms with Gasteiger partial charge in [0.25, 0.3) is 0 Å². The van der Waals surface area contributed by atoms with Crippen molar-refractivity contribution in [2.75, 3.05) is 36.4 Å². The number of likely N-dealkylation sites (tertiary alicyclic amines) is 1. The van der Waals surface area contributed by atoms with Crippen LogP contribution in [0.4, 0.5) is 11.4 Å². The zero-order valence-corrected chi connectivity index (χ0v) is 13.6. The van der Waals surface area contributed by atoms with E-state index >= 15 is 0 Å². The topological polar surface area (TPSA) is 52.7 Å². The normalized spacial score (nSPS) is 18.6. The molecule has 2 heterocycles. The highest BCUT2D eigenvalue weighted by Crippen LogP contribution is 2.22. The first kappa shape index (κ1) is 15.8. The van der Waals surface area contributed by atoms with Crippen molar-refractivity contribution in [3.05, 3.63) is 24.3 Å². The number of benzene rings is 1. The molecule has 23 heavy (non-hydrogen) atoms. The van der Waals surface area contributed by atoms with Gasteiger partial charge in [-0.15, -0.1) is 0 Å². The highest BCUT2D eigenvalue weighted by molar-refractivity contribution is 6.39. The van der Waals surface area contributed by atoms with Crippen molar-refractivity contribution in [2.45, 2.75) is 38.5 Å². The van der Waals surface area contributed by atoms with Crippen LogP contribution in [0, 0.1) is 0 Å². The van der Waals surface area contributed by atoms with Gasteiger partial charge >= 0.3 is 11.8 Å². The molecule has 0 radical (unpaired) electrons. The number of hydrogen-bond donors (Lipinski definition) is 1. The molecule has 124 valence electrons. The first-order valence-corrected chi connectivity index (χ1v) is 8.69. The van der Waals surface area contributed by atoms with Crippen LogP contribution in [0.2, 0.25) is 0 Å². The molecule has 5 heteroatoms. The molecule has 0 atom stereocenters. The first-order chi connectivity index (χ1) is 11.2. The summed E-state index contributed by atoms with van der Waals surface area (Å²) in [5.74, 6) is -0.934. The SMILES string of the molecule is O=C(Nc1ccc(N2CCCC2)cc1)C(=O)N1CCCCCC1. The lowest BCUT2D eigenvalue weighted by Gasteiger charge is -2.20. The number of nitrogens with zero attached hydrogens (tertiary/aromatic N) is 2. The van der Waals surface area contributed by atoms with Crippen LogP contribution in [0.5, 0.6) is 0 Å². The molecule has 2 fully saturated rings. The molecule has 1 N–H and O–H groups in total. The lowest BCUT2D eigenvalue weighted by atomic mass is 10.2. The van der Waals surface area contributed by atoms with Crippen molar-refractivity contribution in [1.82, 2.24) is 4.90 Å². The second-order valence-electron chi connectivity index (χ2n) is 6.40. The van der Waals surface area contributed by atoms with Crippen molar-refractivity contribution in [2.24, 2.45) is 0 Å². The monoisotopic (exact) mass is 315 g/mol. The molecule has 2 aliphatic rings. The molecule has 0 spiro atoms. The Morgan fingerprint density at radius 1 is 0.783 bits per heavy atom. The Hall–Kier alpha value is -2.04. The Morgan fingerprint density at radius 2 is 1.35 bits per heavy atom. The highest BCUT2D eigenvalue weighted by atomic mass is 16.2. The lowest BCUT2D eigenvalue weighted by Crippen LogP contribution is -2.40. The number of anilines is 2. The van der Waals surface area contributed by atoms with Gasteiger partial charge in [-0.2, -0.15) is 0 Å². The van der Waals surface area contributed by atoms with Crippen molar-refractivity contribution < 1.29 is 9.59 Å². The molecule has 0 unspecified atom stereocenters. The molecule has 2 amide bonds. The molecule has 3 rings (SSSR count).